The minimum atomic E-state index is -0.182. The number of furan rings is 1. The van der Waals surface area contributed by atoms with Crippen LogP contribution in [0.25, 0.3) is 0 Å². The number of benzene rings is 3. The Hall–Kier alpha value is -3.59. The molecule has 38 heavy (non-hydrogen) atoms. The summed E-state index contributed by atoms with van der Waals surface area (Å²) in [5, 5.41) is 3.11. The van der Waals surface area contributed by atoms with Gasteiger partial charge in [-0.2, -0.15) is 0 Å². The largest absolute Gasteiger partial charge is 0.456 e. The fourth-order valence-corrected chi connectivity index (χ4v) is 5.82. The van der Waals surface area contributed by atoms with Gasteiger partial charge < -0.3 is 9.73 Å². The van der Waals surface area contributed by atoms with Crippen LogP contribution in [0.1, 0.15) is 96.2 Å². The van der Waals surface area contributed by atoms with Gasteiger partial charge in [0.25, 0.3) is 5.91 Å². The van der Waals surface area contributed by atoms with Crippen molar-refractivity contribution in [1.82, 2.24) is 5.32 Å². The van der Waals surface area contributed by atoms with E-state index in [9.17, 15) is 4.79 Å². The van der Waals surface area contributed by atoms with Gasteiger partial charge in [-0.1, -0.05) is 100 Å². The highest BCUT2D eigenvalue weighted by Crippen LogP contribution is 2.46. The molecular weight excluding hydrogens is 466 g/mol. The molecule has 1 aliphatic carbocycles. The van der Waals surface area contributed by atoms with E-state index in [0.717, 1.165) is 5.76 Å². The number of nitrogens with one attached hydrogen (secondary N) is 1. The topological polar surface area (TPSA) is 42.2 Å². The zero-order valence-corrected chi connectivity index (χ0v) is 23.3. The van der Waals surface area contributed by atoms with Crippen LogP contribution >= 0.6 is 0 Å². The molecule has 3 heteroatoms. The van der Waals surface area contributed by atoms with Crippen LogP contribution in [0.2, 0.25) is 0 Å². The van der Waals surface area contributed by atoms with Crippen molar-refractivity contribution >= 4 is 5.91 Å². The molecular formula is C35H39NO2. The van der Waals surface area contributed by atoms with Crippen LogP contribution in [-0.4, -0.2) is 12.5 Å². The van der Waals surface area contributed by atoms with Crippen LogP contribution in [0.3, 0.4) is 0 Å². The molecule has 1 heterocycles. The van der Waals surface area contributed by atoms with E-state index in [1.807, 2.05) is 42.5 Å². The summed E-state index contributed by atoms with van der Waals surface area (Å²) in [6.07, 6.45) is 3.07. The van der Waals surface area contributed by atoms with Crippen LogP contribution in [0, 0.1) is 6.92 Å². The van der Waals surface area contributed by atoms with Gasteiger partial charge in [-0.15, -0.1) is 0 Å². The lowest BCUT2D eigenvalue weighted by molar-refractivity contribution is 0.0923. The van der Waals surface area contributed by atoms with E-state index >= 15 is 0 Å². The summed E-state index contributed by atoms with van der Waals surface area (Å²) in [6.45, 7) is 12.1. The number of aryl methyl sites for hydroxylation is 1. The first-order chi connectivity index (χ1) is 18.1. The molecule has 0 unspecified atom stereocenters. The van der Waals surface area contributed by atoms with E-state index in [1.165, 1.54) is 46.2 Å². The van der Waals surface area contributed by atoms with E-state index in [2.05, 4.69) is 76.3 Å². The third-order valence-corrected chi connectivity index (χ3v) is 8.43. The highest BCUT2D eigenvalue weighted by atomic mass is 16.3. The van der Waals surface area contributed by atoms with Gasteiger partial charge in [-0.25, -0.2) is 0 Å². The minimum Gasteiger partial charge on any atom is -0.456 e. The Bertz CT molecular complexity index is 1370. The third kappa shape index (κ3) is 5.34. The van der Waals surface area contributed by atoms with Gasteiger partial charge in [0.2, 0.25) is 0 Å². The van der Waals surface area contributed by atoms with Crippen molar-refractivity contribution in [3.05, 3.63) is 130 Å². The zero-order valence-electron chi connectivity index (χ0n) is 23.3. The van der Waals surface area contributed by atoms with E-state index in [1.54, 1.807) is 6.07 Å². The van der Waals surface area contributed by atoms with Crippen LogP contribution in [0.15, 0.2) is 89.3 Å². The van der Waals surface area contributed by atoms with Crippen LogP contribution in [0.4, 0.5) is 0 Å². The zero-order chi connectivity index (χ0) is 26.9. The number of hydrogen-bond donors (Lipinski definition) is 1. The van der Waals surface area contributed by atoms with Crippen molar-refractivity contribution in [3.63, 3.8) is 0 Å². The summed E-state index contributed by atoms with van der Waals surface area (Å²) in [6, 6.07) is 29.1. The fraction of sp³-hybridized carbons (Fsp3) is 0.343. The number of carbonyl (C=O) groups excluding carboxylic acids is 1. The average molecular weight is 506 g/mol. The Balaban J connectivity index is 1.32. The predicted molar refractivity (Wildman–Crippen MR) is 155 cm³/mol. The van der Waals surface area contributed by atoms with Crippen molar-refractivity contribution in [2.75, 3.05) is 6.54 Å². The molecule has 1 amide bonds. The predicted octanol–water partition coefficient (Wildman–Crippen LogP) is 8.09. The van der Waals surface area contributed by atoms with Gasteiger partial charge in [0.1, 0.15) is 5.76 Å². The normalized spacial score (nSPS) is 15.7. The maximum absolute atomic E-state index is 13.1. The monoisotopic (exact) mass is 505 g/mol. The minimum absolute atomic E-state index is 0.0709. The molecule has 3 nitrogen and oxygen atoms in total. The summed E-state index contributed by atoms with van der Waals surface area (Å²) < 4.78 is 6.07. The van der Waals surface area contributed by atoms with E-state index in [-0.39, 0.29) is 22.7 Å². The molecule has 0 bridgehead atoms. The van der Waals surface area contributed by atoms with Crippen LogP contribution in [0.5, 0.6) is 0 Å². The molecule has 196 valence electrons. The molecule has 3 aromatic carbocycles. The van der Waals surface area contributed by atoms with Crippen molar-refractivity contribution < 1.29 is 9.21 Å². The maximum atomic E-state index is 13.1. The van der Waals surface area contributed by atoms with Gasteiger partial charge in [0.05, 0.1) is 0 Å². The molecule has 4 aromatic rings. The van der Waals surface area contributed by atoms with E-state index in [4.69, 9.17) is 4.42 Å². The lowest BCUT2D eigenvalue weighted by Crippen LogP contribution is -2.34. The standard InChI is InChI=1S/C35H39NO2/c1-24-20-30-31(35(4,5)19-18-34(30,2)3)22-27(24)21-28-16-17-32(38-28)33(37)36-23-29(25-12-8-6-9-13-25)26-14-10-7-11-15-26/h6-17,20,22,29H,18-19,21,23H2,1-5H3,(H,36,37). The second kappa shape index (κ2) is 10.3. The van der Waals surface area contributed by atoms with Crippen molar-refractivity contribution in [2.24, 2.45) is 0 Å². The van der Waals surface area contributed by atoms with Gasteiger partial charge in [0, 0.05) is 18.9 Å². The summed E-state index contributed by atoms with van der Waals surface area (Å²) in [4.78, 5) is 13.1. The highest BCUT2D eigenvalue weighted by molar-refractivity contribution is 5.91. The Kier molecular flexibility index (Phi) is 7.05. The smallest absolute Gasteiger partial charge is 0.287 e. The van der Waals surface area contributed by atoms with Gasteiger partial charge >= 0.3 is 0 Å². The quantitative estimate of drug-likeness (QED) is 0.276. The fourth-order valence-electron chi connectivity index (χ4n) is 5.82. The number of amides is 1. The first kappa shape index (κ1) is 26.0. The number of carbonyl (C=O) groups is 1. The third-order valence-electron chi connectivity index (χ3n) is 8.43. The molecule has 0 saturated carbocycles. The molecule has 1 aliphatic rings. The van der Waals surface area contributed by atoms with Gasteiger partial charge in [0.15, 0.2) is 5.76 Å². The van der Waals surface area contributed by atoms with Crippen molar-refractivity contribution in [1.29, 1.82) is 0 Å². The summed E-state index contributed by atoms with van der Waals surface area (Å²) in [5.41, 5.74) is 8.18. The van der Waals surface area contributed by atoms with Crippen LogP contribution in [-0.2, 0) is 17.3 Å². The summed E-state index contributed by atoms with van der Waals surface area (Å²) in [5.74, 6) is 1.06. The SMILES string of the molecule is Cc1cc2c(cc1Cc1ccc(C(=O)NCC(c3ccccc3)c3ccccc3)o1)C(C)(C)CCC2(C)C. The Labute approximate surface area is 227 Å². The van der Waals surface area contributed by atoms with Gasteiger partial charge in [-0.05, 0) is 76.1 Å². The Morgan fingerprint density at radius 1 is 0.816 bits per heavy atom. The summed E-state index contributed by atoms with van der Waals surface area (Å²) in [7, 11) is 0. The molecule has 1 aromatic heterocycles. The molecule has 0 radical (unpaired) electrons. The molecule has 0 spiro atoms. The molecule has 0 saturated heterocycles. The van der Waals surface area contributed by atoms with Crippen molar-refractivity contribution in [2.45, 2.75) is 70.6 Å². The molecule has 0 fully saturated rings. The number of rotatable bonds is 7. The molecule has 0 atom stereocenters. The number of fused-ring (bicyclic) bond motifs is 1. The Morgan fingerprint density at radius 3 is 1.95 bits per heavy atom. The highest BCUT2D eigenvalue weighted by Gasteiger charge is 2.37. The Morgan fingerprint density at radius 2 is 1.37 bits per heavy atom. The molecule has 0 aliphatic heterocycles. The second-order valence-electron chi connectivity index (χ2n) is 12.1. The number of hydrogen-bond acceptors (Lipinski definition) is 2. The molecule has 5 rings (SSSR count). The van der Waals surface area contributed by atoms with Gasteiger partial charge in [-0.3, -0.25) is 4.79 Å². The first-order valence-corrected chi connectivity index (χ1v) is 13.8. The maximum Gasteiger partial charge on any atom is 0.287 e. The lowest BCUT2D eigenvalue weighted by atomic mass is 9.62. The summed E-state index contributed by atoms with van der Waals surface area (Å²) >= 11 is 0. The van der Waals surface area contributed by atoms with E-state index in [0.29, 0.717) is 18.7 Å². The molecule has 1 N–H and O–H groups in total. The average Bonchev–Trinajstić information content (AvgIpc) is 3.38. The second-order valence-corrected chi connectivity index (χ2v) is 12.1. The lowest BCUT2D eigenvalue weighted by Gasteiger charge is -2.42. The van der Waals surface area contributed by atoms with Crippen LogP contribution < -0.4 is 5.32 Å². The van der Waals surface area contributed by atoms with Crippen molar-refractivity contribution in [3.8, 4) is 0 Å². The van der Waals surface area contributed by atoms with E-state index < -0.39 is 0 Å². The first-order valence-electron chi connectivity index (χ1n) is 13.8.